The van der Waals surface area contributed by atoms with E-state index in [1.165, 1.54) is 0 Å². The lowest BCUT2D eigenvalue weighted by Gasteiger charge is -2.37. The van der Waals surface area contributed by atoms with Crippen molar-refractivity contribution >= 4 is 11.9 Å². The number of anilines is 2. The fraction of sp³-hybridized carbons (Fsp3) is 0.500. The number of likely N-dealkylation sites (N-methyl/N-ethyl adjacent to an activating group) is 1. The Kier molecular flexibility index (Phi) is 4.73. The van der Waals surface area contributed by atoms with Crippen molar-refractivity contribution in [1.82, 2.24) is 19.9 Å². The van der Waals surface area contributed by atoms with Crippen molar-refractivity contribution in [3.63, 3.8) is 0 Å². The molecule has 3 heterocycles. The Morgan fingerprint density at radius 1 is 1.20 bits per heavy atom. The van der Waals surface area contributed by atoms with Crippen molar-refractivity contribution in [2.45, 2.75) is 32.0 Å². The summed E-state index contributed by atoms with van der Waals surface area (Å²) in [6.07, 6.45) is 1.91. The second-order valence-electron chi connectivity index (χ2n) is 6.15. The van der Waals surface area contributed by atoms with Gasteiger partial charge in [0.1, 0.15) is 5.69 Å². The second-order valence-corrected chi connectivity index (χ2v) is 6.15. The summed E-state index contributed by atoms with van der Waals surface area (Å²) in [5, 5.41) is 0. The molecule has 1 aliphatic rings. The van der Waals surface area contributed by atoms with Crippen LogP contribution in [0.3, 0.4) is 0 Å². The van der Waals surface area contributed by atoms with Crippen LogP contribution >= 0.6 is 0 Å². The Balaban J connectivity index is 1.76. The van der Waals surface area contributed by atoms with Crippen molar-refractivity contribution in [1.29, 1.82) is 0 Å². The third kappa shape index (κ3) is 3.97. The zero-order chi connectivity index (χ0) is 18.0. The normalized spacial score (nSPS) is 18.3. The number of aryl methyl sites for hydroxylation is 1. The molecule has 0 bridgehead atoms. The average Bonchev–Trinajstić information content (AvgIpc) is 2.61. The minimum Gasteiger partial charge on any atom is -0.339 e. The monoisotopic (exact) mass is 352 g/mol. The molecule has 1 fully saturated rings. The van der Waals surface area contributed by atoms with E-state index in [1.54, 1.807) is 17.3 Å². The molecule has 1 atom stereocenters. The molecule has 0 N–H and O–H groups in total. The first kappa shape index (κ1) is 17.4. The Hall–Kier alpha value is -2.45. The molecule has 0 radical (unpaired) electrons. The Bertz CT molecular complexity index is 719. The van der Waals surface area contributed by atoms with E-state index < -0.39 is 11.9 Å². The molecule has 0 aromatic carbocycles. The minimum atomic E-state index is -4.47. The van der Waals surface area contributed by atoms with E-state index in [1.807, 2.05) is 18.9 Å². The third-order valence-electron chi connectivity index (χ3n) is 4.24. The van der Waals surface area contributed by atoms with Gasteiger partial charge in [-0.3, -0.25) is 0 Å². The Morgan fingerprint density at radius 3 is 2.60 bits per heavy atom. The summed E-state index contributed by atoms with van der Waals surface area (Å²) in [5.41, 5.74) is 0.0506. The molecule has 0 aliphatic carbocycles. The van der Waals surface area contributed by atoms with Crippen molar-refractivity contribution < 1.29 is 13.2 Å². The van der Waals surface area contributed by atoms with Crippen LogP contribution in [0.25, 0.3) is 0 Å². The highest BCUT2D eigenvalue weighted by Gasteiger charge is 2.34. The molecular formula is C16H19F3N6. The van der Waals surface area contributed by atoms with E-state index in [0.29, 0.717) is 19.0 Å². The fourth-order valence-electron chi connectivity index (χ4n) is 2.84. The Morgan fingerprint density at radius 2 is 1.92 bits per heavy atom. The summed E-state index contributed by atoms with van der Waals surface area (Å²) in [5.74, 6) is 0.708. The van der Waals surface area contributed by atoms with E-state index in [4.69, 9.17) is 0 Å². The van der Waals surface area contributed by atoms with Crippen LogP contribution in [-0.2, 0) is 6.18 Å². The number of piperidine rings is 1. The number of hydrogen-bond donors (Lipinski definition) is 0. The quantitative estimate of drug-likeness (QED) is 0.847. The largest absolute Gasteiger partial charge is 0.433 e. The maximum Gasteiger partial charge on any atom is 0.433 e. The average molecular weight is 352 g/mol. The smallest absolute Gasteiger partial charge is 0.339 e. The summed E-state index contributed by atoms with van der Waals surface area (Å²) in [4.78, 5) is 20.1. The fourth-order valence-corrected chi connectivity index (χ4v) is 2.84. The van der Waals surface area contributed by atoms with Crippen molar-refractivity contribution in [3.05, 3.63) is 35.9 Å². The van der Waals surface area contributed by atoms with Gasteiger partial charge in [-0.05, 0) is 31.4 Å². The van der Waals surface area contributed by atoms with Gasteiger partial charge < -0.3 is 9.80 Å². The summed E-state index contributed by atoms with van der Waals surface area (Å²) in [7, 11) is 1.89. The summed E-state index contributed by atoms with van der Waals surface area (Å²) < 4.78 is 38.6. The summed E-state index contributed by atoms with van der Waals surface area (Å²) in [6, 6.07) is 0.964. The van der Waals surface area contributed by atoms with E-state index in [0.717, 1.165) is 30.7 Å². The standard InChI is InChI=1S/C16H19F3N6/c1-11-8-21-14(22-9-11)24(2)12-4-3-7-25(10-12)15-20-6-5-13(23-15)16(17,18)19/h5-6,8-9,12H,3-4,7,10H2,1-2H3. The van der Waals surface area contributed by atoms with Crippen LogP contribution in [0.1, 0.15) is 24.1 Å². The molecule has 1 saturated heterocycles. The zero-order valence-corrected chi connectivity index (χ0v) is 14.0. The first-order valence-electron chi connectivity index (χ1n) is 8.01. The molecule has 3 rings (SSSR count). The number of hydrogen-bond acceptors (Lipinski definition) is 6. The van der Waals surface area contributed by atoms with E-state index >= 15 is 0 Å². The number of alkyl halides is 3. The maximum atomic E-state index is 12.9. The predicted molar refractivity (Wildman–Crippen MR) is 87.4 cm³/mol. The topological polar surface area (TPSA) is 58.0 Å². The van der Waals surface area contributed by atoms with Crippen molar-refractivity contribution in [2.75, 3.05) is 29.9 Å². The molecule has 6 nitrogen and oxygen atoms in total. The molecule has 9 heteroatoms. The number of halogens is 3. The lowest BCUT2D eigenvalue weighted by molar-refractivity contribution is -0.141. The molecule has 0 spiro atoms. The van der Waals surface area contributed by atoms with Gasteiger partial charge in [-0.2, -0.15) is 13.2 Å². The SMILES string of the molecule is Cc1cnc(N(C)C2CCCN(c3nccc(C(F)(F)F)n3)C2)nc1. The van der Waals surface area contributed by atoms with Gasteiger partial charge in [0, 0.05) is 44.8 Å². The molecule has 25 heavy (non-hydrogen) atoms. The predicted octanol–water partition coefficient (Wildman–Crippen LogP) is 2.70. The van der Waals surface area contributed by atoms with Gasteiger partial charge in [-0.25, -0.2) is 19.9 Å². The number of aromatic nitrogens is 4. The highest BCUT2D eigenvalue weighted by molar-refractivity contribution is 5.36. The van der Waals surface area contributed by atoms with E-state index in [-0.39, 0.29) is 12.0 Å². The molecule has 1 unspecified atom stereocenters. The first-order valence-corrected chi connectivity index (χ1v) is 8.01. The van der Waals surface area contributed by atoms with Gasteiger partial charge in [0.05, 0.1) is 0 Å². The molecule has 0 amide bonds. The third-order valence-corrected chi connectivity index (χ3v) is 4.24. The lowest BCUT2D eigenvalue weighted by Crippen LogP contribution is -2.47. The lowest BCUT2D eigenvalue weighted by atomic mass is 10.1. The first-order chi connectivity index (χ1) is 11.8. The molecular weight excluding hydrogens is 333 g/mol. The van der Waals surface area contributed by atoms with Gasteiger partial charge in [-0.1, -0.05) is 0 Å². The van der Waals surface area contributed by atoms with Crippen LogP contribution in [0, 0.1) is 6.92 Å². The van der Waals surface area contributed by atoms with Crippen molar-refractivity contribution in [3.8, 4) is 0 Å². The van der Waals surface area contributed by atoms with Crippen LogP contribution in [0.15, 0.2) is 24.7 Å². The van der Waals surface area contributed by atoms with Crippen LogP contribution < -0.4 is 9.80 Å². The van der Waals surface area contributed by atoms with Crippen molar-refractivity contribution in [2.24, 2.45) is 0 Å². The van der Waals surface area contributed by atoms with Gasteiger partial charge in [0.15, 0.2) is 0 Å². The van der Waals surface area contributed by atoms with Crippen LogP contribution in [0.5, 0.6) is 0 Å². The highest BCUT2D eigenvalue weighted by atomic mass is 19.4. The molecule has 2 aromatic heterocycles. The van der Waals surface area contributed by atoms with Gasteiger partial charge in [-0.15, -0.1) is 0 Å². The van der Waals surface area contributed by atoms with E-state index in [9.17, 15) is 13.2 Å². The number of nitrogens with zero attached hydrogens (tertiary/aromatic N) is 6. The molecule has 0 saturated carbocycles. The van der Waals surface area contributed by atoms with Gasteiger partial charge >= 0.3 is 6.18 Å². The molecule has 2 aromatic rings. The summed E-state index contributed by atoms with van der Waals surface area (Å²) >= 11 is 0. The van der Waals surface area contributed by atoms with Gasteiger partial charge in [0.25, 0.3) is 0 Å². The zero-order valence-electron chi connectivity index (χ0n) is 14.0. The molecule has 1 aliphatic heterocycles. The van der Waals surface area contributed by atoms with Crippen LogP contribution in [0.2, 0.25) is 0 Å². The van der Waals surface area contributed by atoms with Crippen LogP contribution in [0.4, 0.5) is 25.1 Å². The van der Waals surface area contributed by atoms with Gasteiger partial charge in [0.2, 0.25) is 11.9 Å². The minimum absolute atomic E-state index is 0.0783. The number of rotatable bonds is 3. The highest BCUT2D eigenvalue weighted by Crippen LogP contribution is 2.29. The van der Waals surface area contributed by atoms with Crippen LogP contribution in [-0.4, -0.2) is 46.1 Å². The van der Waals surface area contributed by atoms with E-state index in [2.05, 4.69) is 19.9 Å². The maximum absolute atomic E-state index is 12.9. The summed E-state index contributed by atoms with van der Waals surface area (Å²) in [6.45, 7) is 3.06. The molecule has 134 valence electrons. The second kappa shape index (κ2) is 6.81. The Labute approximate surface area is 143 Å².